The van der Waals surface area contributed by atoms with Crippen molar-refractivity contribution in [3.05, 3.63) is 24.0 Å². The second kappa shape index (κ2) is 5.12. The van der Waals surface area contributed by atoms with E-state index >= 15 is 0 Å². The Kier molecular flexibility index (Phi) is 3.56. The summed E-state index contributed by atoms with van der Waals surface area (Å²) < 4.78 is 6.51. The van der Waals surface area contributed by atoms with Crippen molar-refractivity contribution in [2.45, 2.75) is 38.1 Å². The molecule has 0 atom stereocenters. The van der Waals surface area contributed by atoms with Crippen molar-refractivity contribution in [1.82, 2.24) is 15.0 Å². The van der Waals surface area contributed by atoms with Crippen molar-refractivity contribution in [3.8, 4) is 0 Å². The molecule has 0 spiro atoms. The van der Waals surface area contributed by atoms with Gasteiger partial charge in [0, 0.05) is 5.92 Å². The van der Waals surface area contributed by atoms with Gasteiger partial charge in [0.25, 0.3) is 0 Å². The van der Waals surface area contributed by atoms with Gasteiger partial charge in [0.05, 0.1) is 19.3 Å². The summed E-state index contributed by atoms with van der Waals surface area (Å²) in [6, 6.07) is 0. The van der Waals surface area contributed by atoms with Gasteiger partial charge in [0.2, 0.25) is 0 Å². The molecular formula is C12H17N3O2. The Bertz CT molecular complexity index is 419. The van der Waals surface area contributed by atoms with Crippen LogP contribution in [0, 0.1) is 0 Å². The van der Waals surface area contributed by atoms with Crippen molar-refractivity contribution in [1.29, 1.82) is 0 Å². The Balaban J connectivity index is 2.38. The fraction of sp³-hybridized carbons (Fsp3) is 0.583. The Morgan fingerprint density at radius 2 is 2.29 bits per heavy atom. The van der Waals surface area contributed by atoms with Gasteiger partial charge in [0.1, 0.15) is 0 Å². The number of carbonyl (C=O) groups excluding carboxylic acids is 1. The molecule has 1 aliphatic rings. The maximum Gasteiger partial charge on any atom is 0.360 e. The van der Waals surface area contributed by atoms with Crippen LogP contribution in [0.3, 0.4) is 0 Å². The molecule has 0 N–H and O–H groups in total. The lowest BCUT2D eigenvalue weighted by atomic mass is 10.0. The fourth-order valence-corrected chi connectivity index (χ4v) is 2.42. The van der Waals surface area contributed by atoms with Gasteiger partial charge in [-0.15, -0.1) is 11.7 Å². The molecule has 0 radical (unpaired) electrons. The molecule has 1 heterocycles. The number of esters is 1. The first kappa shape index (κ1) is 11.8. The first-order valence-electron chi connectivity index (χ1n) is 5.90. The molecule has 1 aromatic heterocycles. The second-order valence-corrected chi connectivity index (χ2v) is 4.27. The SMILES string of the molecule is C=CCn1nnc(C(=O)OC)c1C1CCCC1. The minimum absolute atomic E-state index is 0.362. The average Bonchev–Trinajstić information content (AvgIpc) is 2.96. The standard InChI is InChI=1S/C12H17N3O2/c1-3-8-15-11(9-6-4-5-7-9)10(13-14-15)12(16)17-2/h3,9H,1,4-8H2,2H3. The van der Waals surface area contributed by atoms with Crippen molar-refractivity contribution in [3.63, 3.8) is 0 Å². The summed E-state index contributed by atoms with van der Waals surface area (Å²) in [4.78, 5) is 11.6. The van der Waals surface area contributed by atoms with Gasteiger partial charge < -0.3 is 4.74 Å². The van der Waals surface area contributed by atoms with E-state index in [0.29, 0.717) is 18.2 Å². The Morgan fingerprint density at radius 1 is 1.59 bits per heavy atom. The lowest BCUT2D eigenvalue weighted by molar-refractivity contribution is 0.0592. The van der Waals surface area contributed by atoms with E-state index in [-0.39, 0.29) is 0 Å². The van der Waals surface area contributed by atoms with Gasteiger partial charge in [0.15, 0.2) is 5.69 Å². The first-order valence-corrected chi connectivity index (χ1v) is 5.90. The number of hydrogen-bond donors (Lipinski definition) is 0. The van der Waals surface area contributed by atoms with Crippen LogP contribution < -0.4 is 0 Å². The van der Waals surface area contributed by atoms with Crippen LogP contribution in [0.5, 0.6) is 0 Å². The highest BCUT2D eigenvalue weighted by atomic mass is 16.5. The van der Waals surface area contributed by atoms with E-state index in [2.05, 4.69) is 16.9 Å². The Labute approximate surface area is 100 Å². The summed E-state index contributed by atoms with van der Waals surface area (Å²) >= 11 is 0. The fourth-order valence-electron chi connectivity index (χ4n) is 2.42. The molecule has 0 bridgehead atoms. The van der Waals surface area contributed by atoms with Crippen LogP contribution in [0.15, 0.2) is 12.7 Å². The van der Waals surface area contributed by atoms with Crippen molar-refractivity contribution in [2.24, 2.45) is 0 Å². The van der Waals surface area contributed by atoms with Gasteiger partial charge in [-0.3, -0.25) is 0 Å². The van der Waals surface area contributed by atoms with E-state index in [0.717, 1.165) is 18.5 Å². The second-order valence-electron chi connectivity index (χ2n) is 4.27. The van der Waals surface area contributed by atoms with Crippen LogP contribution in [-0.2, 0) is 11.3 Å². The van der Waals surface area contributed by atoms with Gasteiger partial charge in [-0.2, -0.15) is 0 Å². The summed E-state index contributed by atoms with van der Waals surface area (Å²) in [5.74, 6) is -0.0266. The third-order valence-corrected chi connectivity index (χ3v) is 3.20. The number of methoxy groups -OCH3 is 1. The summed E-state index contributed by atoms with van der Waals surface area (Å²) in [5.41, 5.74) is 1.27. The number of carbonyl (C=O) groups is 1. The van der Waals surface area contributed by atoms with E-state index in [1.165, 1.54) is 20.0 Å². The molecule has 1 aliphatic carbocycles. The minimum Gasteiger partial charge on any atom is -0.464 e. The topological polar surface area (TPSA) is 57.0 Å². The highest BCUT2D eigenvalue weighted by molar-refractivity contribution is 5.88. The minimum atomic E-state index is -0.401. The van der Waals surface area contributed by atoms with Gasteiger partial charge >= 0.3 is 5.97 Å². The molecule has 1 fully saturated rings. The van der Waals surface area contributed by atoms with Crippen molar-refractivity contribution in [2.75, 3.05) is 7.11 Å². The monoisotopic (exact) mass is 235 g/mol. The molecule has 0 unspecified atom stereocenters. The number of ether oxygens (including phenoxy) is 1. The summed E-state index contributed by atoms with van der Waals surface area (Å²) in [6.45, 7) is 4.27. The molecule has 17 heavy (non-hydrogen) atoms. The van der Waals surface area contributed by atoms with E-state index in [1.807, 2.05) is 0 Å². The molecule has 92 valence electrons. The summed E-state index contributed by atoms with van der Waals surface area (Å²) in [5, 5.41) is 7.95. The highest BCUT2D eigenvalue weighted by Gasteiger charge is 2.28. The molecule has 0 amide bonds. The van der Waals surface area contributed by atoms with Crippen LogP contribution in [-0.4, -0.2) is 28.1 Å². The summed E-state index contributed by atoms with van der Waals surface area (Å²) in [7, 11) is 1.37. The highest BCUT2D eigenvalue weighted by Crippen LogP contribution is 2.35. The number of rotatable bonds is 4. The predicted octanol–water partition coefficient (Wildman–Crippen LogP) is 1.91. The van der Waals surface area contributed by atoms with Crippen LogP contribution >= 0.6 is 0 Å². The molecule has 5 heteroatoms. The van der Waals surface area contributed by atoms with E-state index in [1.54, 1.807) is 10.8 Å². The smallest absolute Gasteiger partial charge is 0.360 e. The molecular weight excluding hydrogens is 218 g/mol. The molecule has 0 aliphatic heterocycles. The zero-order valence-electron chi connectivity index (χ0n) is 10.1. The van der Waals surface area contributed by atoms with Crippen molar-refractivity contribution >= 4 is 5.97 Å². The largest absolute Gasteiger partial charge is 0.464 e. The lowest BCUT2D eigenvalue weighted by Crippen LogP contribution is -2.12. The van der Waals surface area contributed by atoms with E-state index in [9.17, 15) is 4.79 Å². The first-order chi connectivity index (χ1) is 8.27. The van der Waals surface area contributed by atoms with E-state index in [4.69, 9.17) is 4.74 Å². The third-order valence-electron chi connectivity index (χ3n) is 3.20. The third kappa shape index (κ3) is 2.23. The zero-order valence-corrected chi connectivity index (χ0v) is 10.1. The maximum atomic E-state index is 11.6. The number of aromatic nitrogens is 3. The van der Waals surface area contributed by atoms with Crippen LogP contribution in [0.1, 0.15) is 47.8 Å². The Morgan fingerprint density at radius 3 is 2.88 bits per heavy atom. The average molecular weight is 235 g/mol. The summed E-state index contributed by atoms with van der Waals surface area (Å²) in [6.07, 6.45) is 6.34. The van der Waals surface area contributed by atoms with Gasteiger partial charge in [-0.1, -0.05) is 24.1 Å². The number of allylic oxidation sites excluding steroid dienone is 1. The van der Waals surface area contributed by atoms with Crippen LogP contribution in [0.25, 0.3) is 0 Å². The zero-order chi connectivity index (χ0) is 12.3. The normalized spacial score (nSPS) is 16.1. The van der Waals surface area contributed by atoms with Crippen LogP contribution in [0.4, 0.5) is 0 Å². The van der Waals surface area contributed by atoms with Gasteiger partial charge in [-0.25, -0.2) is 9.48 Å². The maximum absolute atomic E-state index is 11.6. The molecule has 1 aromatic rings. The number of nitrogens with zero attached hydrogens (tertiary/aromatic N) is 3. The van der Waals surface area contributed by atoms with E-state index < -0.39 is 5.97 Å². The predicted molar refractivity (Wildman–Crippen MR) is 62.8 cm³/mol. The quantitative estimate of drug-likeness (QED) is 0.591. The van der Waals surface area contributed by atoms with Crippen LogP contribution in [0.2, 0.25) is 0 Å². The Hall–Kier alpha value is -1.65. The molecule has 0 saturated heterocycles. The van der Waals surface area contributed by atoms with Crippen molar-refractivity contribution < 1.29 is 9.53 Å². The van der Waals surface area contributed by atoms with Gasteiger partial charge in [-0.05, 0) is 12.8 Å². The lowest BCUT2D eigenvalue weighted by Gasteiger charge is -2.11. The molecule has 0 aromatic carbocycles. The molecule has 2 rings (SSSR count). The molecule has 1 saturated carbocycles. The number of hydrogen-bond acceptors (Lipinski definition) is 4. The molecule has 5 nitrogen and oxygen atoms in total.